The van der Waals surface area contributed by atoms with Crippen LogP contribution in [0, 0.1) is 0 Å². The highest BCUT2D eigenvalue weighted by Gasteiger charge is 2.47. The van der Waals surface area contributed by atoms with Crippen molar-refractivity contribution in [3.05, 3.63) is 27.7 Å². The number of carboxylic acids is 1. The third-order valence-electron chi connectivity index (χ3n) is 3.15. The average Bonchev–Trinajstić information content (AvgIpc) is 2.26. The number of aliphatic carboxylic acids is 1. The summed E-state index contributed by atoms with van der Waals surface area (Å²) in [6, 6.07) is 4.12. The van der Waals surface area contributed by atoms with Gasteiger partial charge >= 0.3 is 5.97 Å². The molecule has 1 aromatic rings. The van der Waals surface area contributed by atoms with Crippen molar-refractivity contribution in [2.45, 2.75) is 29.7 Å². The molecule has 1 saturated carbocycles. The minimum absolute atomic E-state index is 0.0173. The van der Waals surface area contributed by atoms with E-state index < -0.39 is 21.5 Å². The van der Waals surface area contributed by atoms with Crippen molar-refractivity contribution in [1.82, 2.24) is 4.72 Å². The number of carboxylic acid groups (broad SMARTS) is 1. The van der Waals surface area contributed by atoms with E-state index in [2.05, 4.69) is 20.7 Å². The minimum atomic E-state index is -3.88. The van der Waals surface area contributed by atoms with Gasteiger partial charge < -0.3 is 5.11 Å². The van der Waals surface area contributed by atoms with Gasteiger partial charge in [0.1, 0.15) is 5.54 Å². The largest absolute Gasteiger partial charge is 0.480 e. The molecule has 0 spiro atoms. The van der Waals surface area contributed by atoms with Crippen molar-refractivity contribution in [3.63, 3.8) is 0 Å². The molecule has 0 aromatic heterocycles. The summed E-state index contributed by atoms with van der Waals surface area (Å²) in [7, 11) is -3.88. The smallest absolute Gasteiger partial charge is 0.324 e. The van der Waals surface area contributed by atoms with Crippen LogP contribution in [0.15, 0.2) is 27.6 Å². The first kappa shape index (κ1) is 14.8. The molecule has 0 atom stereocenters. The first-order valence-electron chi connectivity index (χ1n) is 5.49. The van der Waals surface area contributed by atoms with Crippen LogP contribution in [0.25, 0.3) is 0 Å². The second-order valence-electron chi connectivity index (χ2n) is 4.42. The van der Waals surface area contributed by atoms with E-state index in [9.17, 15) is 13.2 Å². The standard InChI is InChI=1S/C11H11BrClNO4S/c12-8-6-7(2-3-9(8)13)19(17,18)14-11(10(15)16)4-1-5-11/h2-3,6,14H,1,4-5H2,(H,15,16). The van der Waals surface area contributed by atoms with Crippen molar-refractivity contribution in [2.24, 2.45) is 0 Å². The molecule has 0 bridgehead atoms. The van der Waals surface area contributed by atoms with Gasteiger partial charge in [-0.2, -0.15) is 4.72 Å². The molecule has 2 rings (SSSR count). The Kier molecular flexibility index (Phi) is 3.92. The highest BCUT2D eigenvalue weighted by atomic mass is 79.9. The SMILES string of the molecule is O=C(O)C1(NS(=O)(=O)c2ccc(Cl)c(Br)c2)CCC1. The van der Waals surface area contributed by atoms with Crippen molar-refractivity contribution >= 4 is 43.5 Å². The van der Waals surface area contributed by atoms with Gasteiger partial charge in [-0.3, -0.25) is 4.79 Å². The van der Waals surface area contributed by atoms with Gasteiger partial charge in [0.15, 0.2) is 0 Å². The normalized spacial score (nSPS) is 17.8. The quantitative estimate of drug-likeness (QED) is 0.855. The van der Waals surface area contributed by atoms with Crippen molar-refractivity contribution in [2.75, 3.05) is 0 Å². The Labute approximate surface area is 124 Å². The summed E-state index contributed by atoms with van der Waals surface area (Å²) in [4.78, 5) is 11.2. The Morgan fingerprint density at radius 2 is 2.05 bits per heavy atom. The van der Waals surface area contributed by atoms with Gasteiger partial charge in [0, 0.05) is 4.47 Å². The highest BCUT2D eigenvalue weighted by Crippen LogP contribution is 2.34. The van der Waals surface area contributed by atoms with Gasteiger partial charge in [-0.1, -0.05) is 11.6 Å². The Morgan fingerprint density at radius 3 is 2.47 bits per heavy atom. The number of rotatable bonds is 4. The van der Waals surface area contributed by atoms with Gasteiger partial charge in [0.05, 0.1) is 9.92 Å². The summed E-state index contributed by atoms with van der Waals surface area (Å²) in [6.45, 7) is 0. The van der Waals surface area contributed by atoms with Gasteiger partial charge in [-0.25, -0.2) is 8.42 Å². The summed E-state index contributed by atoms with van der Waals surface area (Å²) < 4.78 is 27.1. The first-order valence-corrected chi connectivity index (χ1v) is 8.15. The van der Waals surface area contributed by atoms with Gasteiger partial charge in [0.25, 0.3) is 0 Å². The van der Waals surface area contributed by atoms with E-state index in [-0.39, 0.29) is 4.90 Å². The summed E-state index contributed by atoms with van der Waals surface area (Å²) in [6.07, 6.45) is 1.30. The summed E-state index contributed by atoms with van der Waals surface area (Å²) in [5.74, 6) is -1.14. The second kappa shape index (κ2) is 5.05. The molecule has 1 aliphatic rings. The topological polar surface area (TPSA) is 83.5 Å². The molecule has 0 radical (unpaired) electrons. The monoisotopic (exact) mass is 367 g/mol. The molecule has 0 amide bonds. The Hall–Kier alpha value is -0.630. The van der Waals surface area contributed by atoms with Crippen molar-refractivity contribution in [3.8, 4) is 0 Å². The predicted octanol–water partition coefficient (Wildman–Crippen LogP) is 2.39. The molecule has 8 heteroatoms. The molecule has 1 fully saturated rings. The molecule has 0 heterocycles. The zero-order valence-corrected chi connectivity index (χ0v) is 12.8. The van der Waals surface area contributed by atoms with E-state index in [1.165, 1.54) is 18.2 Å². The van der Waals surface area contributed by atoms with Crippen LogP contribution in [0.3, 0.4) is 0 Å². The van der Waals surface area contributed by atoms with Crippen LogP contribution in [0.1, 0.15) is 19.3 Å². The fourth-order valence-corrected chi connectivity index (χ4v) is 3.94. The molecule has 0 unspecified atom stereocenters. The van der Waals surface area contributed by atoms with Crippen LogP contribution < -0.4 is 4.72 Å². The van der Waals surface area contributed by atoms with E-state index in [1.807, 2.05) is 0 Å². The van der Waals surface area contributed by atoms with Crippen LogP contribution >= 0.6 is 27.5 Å². The first-order chi connectivity index (χ1) is 8.77. The molecule has 5 nitrogen and oxygen atoms in total. The molecule has 0 saturated heterocycles. The Bertz CT molecular complexity index is 628. The van der Waals surface area contributed by atoms with Crippen molar-refractivity contribution < 1.29 is 18.3 Å². The van der Waals surface area contributed by atoms with Gasteiger partial charge in [0.2, 0.25) is 10.0 Å². The van der Waals surface area contributed by atoms with Crippen LogP contribution in [-0.2, 0) is 14.8 Å². The van der Waals surface area contributed by atoms with E-state index in [0.29, 0.717) is 28.8 Å². The molecular formula is C11H11BrClNO4S. The lowest BCUT2D eigenvalue weighted by atomic mass is 9.78. The highest BCUT2D eigenvalue weighted by molar-refractivity contribution is 9.10. The summed E-state index contributed by atoms with van der Waals surface area (Å²) >= 11 is 8.93. The number of nitrogens with one attached hydrogen (secondary N) is 1. The van der Waals surface area contributed by atoms with E-state index in [4.69, 9.17) is 16.7 Å². The lowest BCUT2D eigenvalue weighted by molar-refractivity contribution is -0.147. The molecular weight excluding hydrogens is 358 g/mol. The number of hydrogen-bond acceptors (Lipinski definition) is 3. The fourth-order valence-electron chi connectivity index (χ4n) is 1.85. The maximum absolute atomic E-state index is 12.2. The number of carbonyl (C=O) groups is 1. The van der Waals surface area contributed by atoms with E-state index in [0.717, 1.165) is 0 Å². The van der Waals surface area contributed by atoms with Crippen LogP contribution in [0.2, 0.25) is 5.02 Å². The van der Waals surface area contributed by atoms with Crippen LogP contribution in [-0.4, -0.2) is 25.0 Å². The zero-order chi connectivity index (χ0) is 14.3. The third kappa shape index (κ3) is 2.79. The molecule has 1 aromatic carbocycles. The van der Waals surface area contributed by atoms with Crippen molar-refractivity contribution in [1.29, 1.82) is 0 Å². The molecule has 0 aliphatic heterocycles. The number of sulfonamides is 1. The van der Waals surface area contributed by atoms with Gasteiger partial charge in [-0.15, -0.1) is 0 Å². The zero-order valence-electron chi connectivity index (χ0n) is 9.69. The van der Waals surface area contributed by atoms with E-state index in [1.54, 1.807) is 0 Å². The lowest BCUT2D eigenvalue weighted by Gasteiger charge is -2.37. The molecule has 104 valence electrons. The van der Waals surface area contributed by atoms with Crippen LogP contribution in [0.5, 0.6) is 0 Å². The predicted molar refractivity (Wildman–Crippen MR) is 73.7 cm³/mol. The summed E-state index contributed by atoms with van der Waals surface area (Å²) in [5.41, 5.74) is -1.37. The summed E-state index contributed by atoms with van der Waals surface area (Å²) in [5, 5.41) is 9.52. The van der Waals surface area contributed by atoms with Gasteiger partial charge in [-0.05, 0) is 53.4 Å². The molecule has 2 N–H and O–H groups in total. The number of hydrogen-bond donors (Lipinski definition) is 2. The Morgan fingerprint density at radius 1 is 1.42 bits per heavy atom. The molecule has 1 aliphatic carbocycles. The average molecular weight is 369 g/mol. The number of halogens is 2. The Balaban J connectivity index is 2.32. The minimum Gasteiger partial charge on any atom is -0.480 e. The van der Waals surface area contributed by atoms with E-state index >= 15 is 0 Å². The number of benzene rings is 1. The second-order valence-corrected chi connectivity index (χ2v) is 7.37. The molecule has 19 heavy (non-hydrogen) atoms. The maximum atomic E-state index is 12.2. The maximum Gasteiger partial charge on any atom is 0.324 e. The van der Waals surface area contributed by atoms with Crippen LogP contribution in [0.4, 0.5) is 0 Å². The third-order valence-corrected chi connectivity index (χ3v) is 5.90. The lowest BCUT2D eigenvalue weighted by Crippen LogP contribution is -2.58. The fraction of sp³-hybridized carbons (Fsp3) is 0.364.